The number of nitrogens with one attached hydrogen (secondary N) is 1. The summed E-state index contributed by atoms with van der Waals surface area (Å²) in [5, 5.41) is 2.84. The second-order valence-electron chi connectivity index (χ2n) is 4.87. The fourth-order valence-corrected chi connectivity index (χ4v) is 1.98. The lowest BCUT2D eigenvalue weighted by molar-refractivity contribution is -0.127. The number of halogens is 1. The molecule has 0 aliphatic carbocycles. The molecule has 0 aromatic heterocycles. The van der Waals surface area contributed by atoms with E-state index in [9.17, 15) is 4.79 Å². The van der Waals surface area contributed by atoms with E-state index >= 15 is 0 Å². The van der Waals surface area contributed by atoms with Gasteiger partial charge in [0.25, 0.3) is 5.91 Å². The van der Waals surface area contributed by atoms with E-state index in [1.165, 1.54) is 0 Å². The molecule has 1 aromatic rings. The highest BCUT2D eigenvalue weighted by Crippen LogP contribution is 2.26. The average Bonchev–Trinajstić information content (AvgIpc) is 2.37. The van der Waals surface area contributed by atoms with E-state index in [0.717, 1.165) is 10.0 Å². The Hall–Kier alpha value is -1.07. The molecule has 0 spiro atoms. The summed E-state index contributed by atoms with van der Waals surface area (Å²) in [7, 11) is 0. The predicted octanol–water partition coefficient (Wildman–Crippen LogP) is 2.45. The summed E-state index contributed by atoms with van der Waals surface area (Å²) in [5.74, 6) is 0.958. The zero-order chi connectivity index (χ0) is 14.4. The Morgan fingerprint density at radius 1 is 1.42 bits per heavy atom. The third-order valence-electron chi connectivity index (χ3n) is 2.59. The molecule has 1 amide bonds. The predicted molar refractivity (Wildman–Crippen MR) is 80.0 cm³/mol. The molecule has 1 rings (SSSR count). The van der Waals surface area contributed by atoms with E-state index < -0.39 is 6.10 Å². The minimum atomic E-state index is -0.529. The first-order chi connectivity index (χ1) is 8.93. The lowest BCUT2D eigenvalue weighted by Crippen LogP contribution is -2.38. The second-order valence-corrected chi connectivity index (χ2v) is 5.72. The van der Waals surface area contributed by atoms with Crippen LogP contribution < -0.4 is 15.8 Å². The molecular formula is C14H21BrN2O2. The van der Waals surface area contributed by atoms with E-state index in [0.29, 0.717) is 24.8 Å². The normalized spacial score (nSPS) is 12.3. The van der Waals surface area contributed by atoms with Crippen LogP contribution in [0.25, 0.3) is 0 Å². The summed E-state index contributed by atoms with van der Waals surface area (Å²) < 4.78 is 6.44. The van der Waals surface area contributed by atoms with Crippen LogP contribution in [-0.4, -0.2) is 18.6 Å². The van der Waals surface area contributed by atoms with Gasteiger partial charge in [0.05, 0.1) is 4.47 Å². The molecule has 0 heterocycles. The molecule has 5 heteroatoms. The average molecular weight is 329 g/mol. The highest BCUT2D eigenvalue weighted by molar-refractivity contribution is 9.10. The lowest BCUT2D eigenvalue weighted by Gasteiger charge is -2.17. The van der Waals surface area contributed by atoms with Crippen molar-refractivity contribution in [3.05, 3.63) is 28.2 Å². The van der Waals surface area contributed by atoms with Crippen molar-refractivity contribution >= 4 is 21.8 Å². The van der Waals surface area contributed by atoms with E-state index in [1.54, 1.807) is 6.92 Å². The van der Waals surface area contributed by atoms with Crippen LogP contribution >= 0.6 is 15.9 Å². The Kier molecular flexibility index (Phi) is 6.31. The molecule has 0 fully saturated rings. The van der Waals surface area contributed by atoms with Crippen LogP contribution in [0.3, 0.4) is 0 Å². The van der Waals surface area contributed by atoms with Gasteiger partial charge in [-0.1, -0.05) is 19.9 Å². The Balaban J connectivity index is 2.61. The van der Waals surface area contributed by atoms with Gasteiger partial charge in [0, 0.05) is 13.1 Å². The van der Waals surface area contributed by atoms with Gasteiger partial charge in [0.15, 0.2) is 6.10 Å². The standard InChI is InChI=1S/C14H21BrN2O2/c1-9(2)8-17-14(18)10(3)19-13-5-4-11(7-16)6-12(13)15/h4-6,9-10H,7-8,16H2,1-3H3,(H,17,18). The van der Waals surface area contributed by atoms with Gasteiger partial charge in [-0.3, -0.25) is 4.79 Å². The smallest absolute Gasteiger partial charge is 0.260 e. The monoisotopic (exact) mass is 328 g/mol. The minimum Gasteiger partial charge on any atom is -0.480 e. The Morgan fingerprint density at radius 3 is 2.63 bits per heavy atom. The van der Waals surface area contributed by atoms with Gasteiger partial charge in [-0.15, -0.1) is 0 Å². The van der Waals surface area contributed by atoms with Crippen molar-refractivity contribution in [1.29, 1.82) is 0 Å². The molecule has 1 unspecified atom stereocenters. The molecule has 0 radical (unpaired) electrons. The van der Waals surface area contributed by atoms with Crippen molar-refractivity contribution in [1.82, 2.24) is 5.32 Å². The summed E-state index contributed by atoms with van der Waals surface area (Å²) in [6, 6.07) is 5.60. The maximum atomic E-state index is 11.8. The molecule has 1 aromatic carbocycles. The number of carbonyl (C=O) groups is 1. The van der Waals surface area contributed by atoms with E-state index in [4.69, 9.17) is 10.5 Å². The largest absolute Gasteiger partial charge is 0.480 e. The van der Waals surface area contributed by atoms with Gasteiger partial charge >= 0.3 is 0 Å². The molecule has 0 aliphatic heterocycles. The van der Waals surface area contributed by atoms with Gasteiger partial charge in [0.1, 0.15) is 5.75 Å². The topological polar surface area (TPSA) is 64.3 Å². The van der Waals surface area contributed by atoms with Crippen molar-refractivity contribution in [3.63, 3.8) is 0 Å². The fraction of sp³-hybridized carbons (Fsp3) is 0.500. The van der Waals surface area contributed by atoms with Crippen LogP contribution in [0.1, 0.15) is 26.3 Å². The van der Waals surface area contributed by atoms with Crippen LogP contribution in [0.2, 0.25) is 0 Å². The van der Waals surface area contributed by atoms with Crippen molar-refractivity contribution in [2.24, 2.45) is 11.7 Å². The van der Waals surface area contributed by atoms with Crippen LogP contribution in [-0.2, 0) is 11.3 Å². The minimum absolute atomic E-state index is 0.108. The summed E-state index contributed by atoms with van der Waals surface area (Å²) in [6.07, 6.45) is -0.529. The van der Waals surface area contributed by atoms with Crippen molar-refractivity contribution in [2.45, 2.75) is 33.4 Å². The molecular weight excluding hydrogens is 308 g/mol. The first-order valence-electron chi connectivity index (χ1n) is 6.37. The number of rotatable bonds is 6. The van der Waals surface area contributed by atoms with E-state index in [2.05, 4.69) is 21.2 Å². The fourth-order valence-electron chi connectivity index (χ4n) is 1.46. The van der Waals surface area contributed by atoms with Crippen molar-refractivity contribution in [3.8, 4) is 5.75 Å². The zero-order valence-corrected chi connectivity index (χ0v) is 13.2. The first-order valence-corrected chi connectivity index (χ1v) is 7.16. The summed E-state index contributed by atoms with van der Waals surface area (Å²) in [6.45, 7) is 6.96. The van der Waals surface area contributed by atoms with Gasteiger partial charge in [0.2, 0.25) is 0 Å². The molecule has 19 heavy (non-hydrogen) atoms. The number of nitrogens with two attached hydrogens (primary N) is 1. The molecule has 0 bridgehead atoms. The number of amides is 1. The van der Waals surface area contributed by atoms with Gasteiger partial charge in [-0.05, 0) is 46.5 Å². The van der Waals surface area contributed by atoms with Crippen LogP contribution in [0, 0.1) is 5.92 Å². The quantitative estimate of drug-likeness (QED) is 0.843. The lowest BCUT2D eigenvalue weighted by atomic mass is 10.2. The number of benzene rings is 1. The number of carbonyl (C=O) groups excluding carboxylic acids is 1. The van der Waals surface area contributed by atoms with Crippen molar-refractivity contribution in [2.75, 3.05) is 6.54 Å². The Bertz CT molecular complexity index is 435. The summed E-state index contributed by atoms with van der Waals surface area (Å²) in [5.41, 5.74) is 6.57. The van der Waals surface area contributed by atoms with Gasteiger partial charge < -0.3 is 15.8 Å². The Labute approximate surface area is 122 Å². The highest BCUT2D eigenvalue weighted by atomic mass is 79.9. The number of ether oxygens (including phenoxy) is 1. The maximum Gasteiger partial charge on any atom is 0.260 e. The second kappa shape index (κ2) is 7.50. The van der Waals surface area contributed by atoms with Crippen molar-refractivity contribution < 1.29 is 9.53 Å². The molecule has 3 N–H and O–H groups in total. The molecule has 0 saturated heterocycles. The van der Waals surface area contributed by atoms with E-state index in [1.807, 2.05) is 32.0 Å². The summed E-state index contributed by atoms with van der Waals surface area (Å²) in [4.78, 5) is 11.8. The summed E-state index contributed by atoms with van der Waals surface area (Å²) >= 11 is 3.42. The van der Waals surface area contributed by atoms with E-state index in [-0.39, 0.29) is 5.91 Å². The molecule has 106 valence electrons. The number of hydrogen-bond donors (Lipinski definition) is 2. The first kappa shape index (κ1) is 16.0. The zero-order valence-electron chi connectivity index (χ0n) is 11.6. The third-order valence-corrected chi connectivity index (χ3v) is 3.21. The third kappa shape index (κ3) is 5.20. The van der Waals surface area contributed by atoms with Gasteiger partial charge in [-0.2, -0.15) is 0 Å². The molecule has 0 saturated carbocycles. The van der Waals surface area contributed by atoms with Crippen LogP contribution in [0.15, 0.2) is 22.7 Å². The highest BCUT2D eigenvalue weighted by Gasteiger charge is 2.15. The molecule has 0 aliphatic rings. The van der Waals surface area contributed by atoms with Crippen LogP contribution in [0.4, 0.5) is 0 Å². The molecule has 4 nitrogen and oxygen atoms in total. The molecule has 1 atom stereocenters. The number of hydrogen-bond acceptors (Lipinski definition) is 3. The SMILES string of the molecule is CC(C)CNC(=O)C(C)Oc1ccc(CN)cc1Br. The van der Waals surface area contributed by atoms with Crippen LogP contribution in [0.5, 0.6) is 5.75 Å². The maximum absolute atomic E-state index is 11.8. The van der Waals surface area contributed by atoms with Gasteiger partial charge in [-0.25, -0.2) is 0 Å². The Morgan fingerprint density at radius 2 is 2.11 bits per heavy atom.